The molecule has 4 aromatic rings. The van der Waals surface area contributed by atoms with Crippen molar-refractivity contribution in [2.75, 3.05) is 5.32 Å². The summed E-state index contributed by atoms with van der Waals surface area (Å²) < 4.78 is 32.3. The second-order valence-corrected chi connectivity index (χ2v) is 8.96. The molecule has 8 heteroatoms. The van der Waals surface area contributed by atoms with E-state index in [1.54, 1.807) is 24.3 Å². The second kappa shape index (κ2) is 9.20. The molecule has 7 nitrogen and oxygen atoms in total. The molecule has 0 saturated heterocycles. The van der Waals surface area contributed by atoms with E-state index in [1.807, 2.05) is 24.4 Å². The van der Waals surface area contributed by atoms with Gasteiger partial charge < -0.3 is 14.7 Å². The molecule has 0 spiro atoms. The normalized spacial score (nSPS) is 11.6. The minimum absolute atomic E-state index is 0.0737. The Hall–Kier alpha value is -3.36. The summed E-state index contributed by atoms with van der Waals surface area (Å²) in [5.41, 5.74) is 2.85. The van der Waals surface area contributed by atoms with Crippen molar-refractivity contribution >= 4 is 32.5 Å². The van der Waals surface area contributed by atoms with Crippen molar-refractivity contribution in [2.24, 2.45) is 0 Å². The van der Waals surface area contributed by atoms with Crippen molar-refractivity contribution in [3.05, 3.63) is 84.4 Å². The van der Waals surface area contributed by atoms with Crippen LogP contribution in [0.2, 0.25) is 0 Å². The molecular formula is C23H23N3O4S. The van der Waals surface area contributed by atoms with Crippen LogP contribution < -0.4 is 10.0 Å². The number of H-pyrrole nitrogens is 1. The summed E-state index contributed by atoms with van der Waals surface area (Å²) in [5, 5.41) is 4.00. The van der Waals surface area contributed by atoms with Gasteiger partial charge in [0.2, 0.25) is 15.9 Å². The average molecular weight is 438 g/mol. The Morgan fingerprint density at radius 1 is 1.00 bits per heavy atom. The SMILES string of the molecule is O=C(CCCc1c[nH]c2ccccc12)Nc1ccc(S(=O)(=O)NCc2ccco2)cc1. The Morgan fingerprint density at radius 3 is 2.58 bits per heavy atom. The van der Waals surface area contributed by atoms with Gasteiger partial charge in [-0.3, -0.25) is 4.79 Å². The molecule has 2 heterocycles. The number of fused-ring (bicyclic) bond motifs is 1. The van der Waals surface area contributed by atoms with Crippen LogP contribution in [0.25, 0.3) is 10.9 Å². The number of nitrogens with one attached hydrogen (secondary N) is 3. The van der Waals surface area contributed by atoms with Gasteiger partial charge in [-0.25, -0.2) is 13.1 Å². The van der Waals surface area contributed by atoms with Gasteiger partial charge in [0.1, 0.15) is 5.76 Å². The molecule has 2 aromatic carbocycles. The molecule has 31 heavy (non-hydrogen) atoms. The van der Waals surface area contributed by atoms with Crippen molar-refractivity contribution in [3.8, 4) is 0 Å². The largest absolute Gasteiger partial charge is 0.468 e. The summed E-state index contributed by atoms with van der Waals surface area (Å²) in [6.07, 6.45) is 5.38. The van der Waals surface area contributed by atoms with Crippen LogP contribution in [0.15, 0.2) is 82.4 Å². The smallest absolute Gasteiger partial charge is 0.240 e. The fraction of sp³-hybridized carbons (Fsp3) is 0.174. The van der Waals surface area contributed by atoms with Gasteiger partial charge in [0.15, 0.2) is 0 Å². The average Bonchev–Trinajstić information content (AvgIpc) is 3.43. The van der Waals surface area contributed by atoms with E-state index in [4.69, 9.17) is 4.42 Å². The molecular weight excluding hydrogens is 414 g/mol. The standard InChI is InChI=1S/C23H23N3O4S/c27-23(9-3-5-17-15-24-22-8-2-1-7-21(17)22)26-18-10-12-20(13-11-18)31(28,29)25-16-19-6-4-14-30-19/h1-2,4,6-8,10-15,24-25H,3,5,9,16H2,(H,26,27). The maximum atomic E-state index is 12.4. The summed E-state index contributed by atoms with van der Waals surface area (Å²) in [4.78, 5) is 15.6. The highest BCUT2D eigenvalue weighted by atomic mass is 32.2. The van der Waals surface area contributed by atoms with Gasteiger partial charge in [-0.05, 0) is 60.9 Å². The molecule has 0 saturated carbocycles. The maximum Gasteiger partial charge on any atom is 0.240 e. The molecule has 0 aliphatic heterocycles. The highest BCUT2D eigenvalue weighted by Crippen LogP contribution is 2.20. The van der Waals surface area contributed by atoms with E-state index in [9.17, 15) is 13.2 Å². The van der Waals surface area contributed by atoms with Gasteiger partial charge in [-0.2, -0.15) is 0 Å². The predicted octanol–water partition coefficient (Wildman–Crippen LogP) is 4.20. The summed E-state index contributed by atoms with van der Waals surface area (Å²) in [6.45, 7) is 0.0737. The van der Waals surface area contributed by atoms with E-state index >= 15 is 0 Å². The topological polar surface area (TPSA) is 104 Å². The van der Waals surface area contributed by atoms with Gasteiger partial charge in [-0.15, -0.1) is 0 Å². The Kier molecular flexibility index (Phi) is 6.20. The number of carbonyl (C=O) groups is 1. The van der Waals surface area contributed by atoms with Gasteiger partial charge in [0.25, 0.3) is 0 Å². The third-order valence-corrected chi connectivity index (χ3v) is 6.41. The lowest BCUT2D eigenvalue weighted by molar-refractivity contribution is -0.116. The Balaban J connectivity index is 1.27. The molecule has 0 bridgehead atoms. The quantitative estimate of drug-likeness (QED) is 0.365. The highest BCUT2D eigenvalue weighted by molar-refractivity contribution is 7.89. The minimum Gasteiger partial charge on any atom is -0.468 e. The molecule has 1 amide bonds. The lowest BCUT2D eigenvalue weighted by Gasteiger charge is -2.08. The molecule has 160 valence electrons. The second-order valence-electron chi connectivity index (χ2n) is 7.19. The number of para-hydroxylation sites is 1. The zero-order valence-electron chi connectivity index (χ0n) is 16.8. The number of aromatic nitrogens is 1. The molecule has 2 aromatic heterocycles. The van der Waals surface area contributed by atoms with Gasteiger partial charge in [0.05, 0.1) is 17.7 Å². The van der Waals surface area contributed by atoms with Crippen LogP contribution in [0.4, 0.5) is 5.69 Å². The number of sulfonamides is 1. The maximum absolute atomic E-state index is 12.4. The number of amides is 1. The van der Waals surface area contributed by atoms with Crippen LogP contribution in [0.5, 0.6) is 0 Å². The van der Waals surface area contributed by atoms with Crippen LogP contribution >= 0.6 is 0 Å². The first-order chi connectivity index (χ1) is 15.0. The Morgan fingerprint density at radius 2 is 1.81 bits per heavy atom. The zero-order chi connectivity index (χ0) is 21.7. The van der Waals surface area contributed by atoms with Crippen molar-refractivity contribution in [1.82, 2.24) is 9.71 Å². The molecule has 0 atom stereocenters. The first-order valence-corrected chi connectivity index (χ1v) is 11.5. The molecule has 3 N–H and O–H groups in total. The molecule has 0 unspecified atom stereocenters. The number of benzene rings is 2. The number of rotatable bonds is 9. The van der Waals surface area contributed by atoms with E-state index in [0.29, 0.717) is 17.9 Å². The summed E-state index contributed by atoms with van der Waals surface area (Å²) in [7, 11) is -3.66. The monoisotopic (exact) mass is 437 g/mol. The van der Waals surface area contributed by atoms with Crippen LogP contribution in [0, 0.1) is 0 Å². The number of aryl methyl sites for hydroxylation is 1. The van der Waals surface area contributed by atoms with Crippen molar-refractivity contribution in [2.45, 2.75) is 30.7 Å². The van der Waals surface area contributed by atoms with Crippen LogP contribution in [0.3, 0.4) is 0 Å². The fourth-order valence-electron chi connectivity index (χ4n) is 3.38. The minimum atomic E-state index is -3.66. The van der Waals surface area contributed by atoms with Crippen molar-refractivity contribution in [3.63, 3.8) is 0 Å². The van der Waals surface area contributed by atoms with E-state index in [2.05, 4.69) is 21.1 Å². The number of anilines is 1. The van der Waals surface area contributed by atoms with Crippen molar-refractivity contribution < 1.29 is 17.6 Å². The molecule has 0 radical (unpaired) electrons. The van der Waals surface area contributed by atoms with Crippen LogP contribution in [-0.2, 0) is 27.8 Å². The van der Waals surface area contributed by atoms with E-state index in [0.717, 1.165) is 18.4 Å². The van der Waals surface area contributed by atoms with E-state index in [-0.39, 0.29) is 17.3 Å². The Bertz CT molecular complexity index is 1260. The first-order valence-electron chi connectivity index (χ1n) is 9.98. The van der Waals surface area contributed by atoms with Crippen LogP contribution in [0.1, 0.15) is 24.2 Å². The van der Waals surface area contributed by atoms with Crippen LogP contribution in [-0.4, -0.2) is 19.3 Å². The number of hydrogen-bond acceptors (Lipinski definition) is 4. The third-order valence-electron chi connectivity index (χ3n) is 4.99. The lowest BCUT2D eigenvalue weighted by atomic mass is 10.1. The molecule has 0 aliphatic carbocycles. The van der Waals surface area contributed by atoms with E-state index < -0.39 is 10.0 Å². The fourth-order valence-corrected chi connectivity index (χ4v) is 4.37. The summed E-state index contributed by atoms with van der Waals surface area (Å²) in [5.74, 6) is 0.423. The van der Waals surface area contributed by atoms with Crippen molar-refractivity contribution in [1.29, 1.82) is 0 Å². The number of aromatic amines is 1. The molecule has 0 aliphatic rings. The Labute approximate surface area is 180 Å². The predicted molar refractivity (Wildman–Crippen MR) is 119 cm³/mol. The zero-order valence-corrected chi connectivity index (χ0v) is 17.6. The first kappa shape index (κ1) is 20.9. The number of carbonyl (C=O) groups excluding carboxylic acids is 1. The number of hydrogen-bond donors (Lipinski definition) is 3. The lowest BCUT2D eigenvalue weighted by Crippen LogP contribution is -2.23. The summed E-state index contributed by atoms with van der Waals surface area (Å²) in [6, 6.07) is 17.6. The molecule has 0 fully saturated rings. The van der Waals surface area contributed by atoms with Gasteiger partial charge in [-0.1, -0.05) is 18.2 Å². The number of furan rings is 1. The highest BCUT2D eigenvalue weighted by Gasteiger charge is 2.14. The third kappa shape index (κ3) is 5.22. The molecule has 4 rings (SSSR count). The van der Waals surface area contributed by atoms with Gasteiger partial charge >= 0.3 is 0 Å². The summed E-state index contributed by atoms with van der Waals surface area (Å²) >= 11 is 0. The van der Waals surface area contributed by atoms with Gasteiger partial charge in [0, 0.05) is 29.2 Å². The van der Waals surface area contributed by atoms with E-state index in [1.165, 1.54) is 29.3 Å².